The zero-order valence-electron chi connectivity index (χ0n) is 11.6. The van der Waals surface area contributed by atoms with Gasteiger partial charge in [0, 0.05) is 29.5 Å². The molecular weight excluding hydrogens is 316 g/mol. The van der Waals surface area contributed by atoms with Crippen molar-refractivity contribution in [2.75, 3.05) is 11.9 Å². The number of anilines is 2. The highest BCUT2D eigenvalue weighted by Gasteiger charge is 2.17. The standard InChI is InChI=1S/C15H17BrN4/c1-9-3-4-14(12(16)7-9)20-15-11-8-17-6-5-13(11)18-10(2)19-15/h3-4,7,17H,5-6,8H2,1-2H3,(H,18,19,20). The van der Waals surface area contributed by atoms with Gasteiger partial charge < -0.3 is 10.6 Å². The molecule has 1 aliphatic heterocycles. The van der Waals surface area contributed by atoms with Crippen LogP contribution >= 0.6 is 15.9 Å². The van der Waals surface area contributed by atoms with Gasteiger partial charge >= 0.3 is 0 Å². The Hall–Kier alpha value is -1.46. The summed E-state index contributed by atoms with van der Waals surface area (Å²) < 4.78 is 1.05. The Balaban J connectivity index is 2.00. The van der Waals surface area contributed by atoms with Crippen LogP contribution in [0.15, 0.2) is 22.7 Å². The molecule has 1 aliphatic rings. The van der Waals surface area contributed by atoms with Crippen LogP contribution in [0.3, 0.4) is 0 Å². The number of hydrogen-bond acceptors (Lipinski definition) is 4. The first-order valence-electron chi connectivity index (χ1n) is 6.74. The van der Waals surface area contributed by atoms with Crippen LogP contribution in [0.2, 0.25) is 0 Å². The van der Waals surface area contributed by atoms with Crippen LogP contribution in [0.4, 0.5) is 11.5 Å². The molecule has 1 aromatic carbocycles. The van der Waals surface area contributed by atoms with E-state index in [9.17, 15) is 0 Å². The molecule has 20 heavy (non-hydrogen) atoms. The van der Waals surface area contributed by atoms with E-state index in [1.165, 1.54) is 11.1 Å². The SMILES string of the molecule is Cc1ccc(Nc2nc(C)nc3c2CNCC3)c(Br)c1. The van der Waals surface area contributed by atoms with Gasteiger partial charge in [0.25, 0.3) is 0 Å². The molecule has 0 saturated heterocycles. The number of halogens is 1. The van der Waals surface area contributed by atoms with Gasteiger partial charge in [0.2, 0.25) is 0 Å². The summed E-state index contributed by atoms with van der Waals surface area (Å²) in [5.74, 6) is 1.72. The van der Waals surface area contributed by atoms with Gasteiger partial charge in [-0.25, -0.2) is 9.97 Å². The predicted octanol–water partition coefficient (Wildman–Crippen LogP) is 3.25. The lowest BCUT2D eigenvalue weighted by atomic mass is 10.1. The van der Waals surface area contributed by atoms with Crippen molar-refractivity contribution in [3.8, 4) is 0 Å². The summed E-state index contributed by atoms with van der Waals surface area (Å²) in [5, 5.41) is 6.81. The van der Waals surface area contributed by atoms with Gasteiger partial charge in [-0.3, -0.25) is 0 Å². The Morgan fingerprint density at radius 1 is 1.25 bits per heavy atom. The Kier molecular flexibility index (Phi) is 3.72. The van der Waals surface area contributed by atoms with Crippen LogP contribution in [0.5, 0.6) is 0 Å². The van der Waals surface area contributed by atoms with Crippen molar-refractivity contribution in [2.24, 2.45) is 0 Å². The molecule has 104 valence electrons. The Labute approximate surface area is 127 Å². The third kappa shape index (κ3) is 2.69. The fraction of sp³-hybridized carbons (Fsp3) is 0.333. The third-order valence-corrected chi connectivity index (χ3v) is 4.08. The fourth-order valence-corrected chi connectivity index (χ4v) is 3.01. The number of fused-ring (bicyclic) bond motifs is 1. The zero-order valence-corrected chi connectivity index (χ0v) is 13.2. The molecule has 0 saturated carbocycles. The van der Waals surface area contributed by atoms with Crippen LogP contribution in [0, 0.1) is 13.8 Å². The molecule has 0 spiro atoms. The fourth-order valence-electron chi connectivity index (χ4n) is 2.42. The third-order valence-electron chi connectivity index (χ3n) is 3.42. The molecule has 0 unspecified atom stereocenters. The minimum Gasteiger partial charge on any atom is -0.339 e. The van der Waals surface area contributed by atoms with E-state index in [1.54, 1.807) is 0 Å². The maximum absolute atomic E-state index is 4.56. The highest BCUT2D eigenvalue weighted by atomic mass is 79.9. The first-order chi connectivity index (χ1) is 9.63. The minimum atomic E-state index is 0.816. The minimum absolute atomic E-state index is 0.816. The Morgan fingerprint density at radius 2 is 2.10 bits per heavy atom. The van der Waals surface area contributed by atoms with E-state index in [-0.39, 0.29) is 0 Å². The number of aromatic nitrogens is 2. The number of nitrogens with zero attached hydrogens (tertiary/aromatic N) is 2. The summed E-state index contributed by atoms with van der Waals surface area (Å²) in [4.78, 5) is 9.11. The largest absolute Gasteiger partial charge is 0.339 e. The molecule has 0 atom stereocenters. The van der Waals surface area contributed by atoms with Crippen molar-refractivity contribution in [3.05, 3.63) is 45.3 Å². The monoisotopic (exact) mass is 332 g/mol. The van der Waals surface area contributed by atoms with E-state index in [4.69, 9.17) is 0 Å². The molecule has 0 bridgehead atoms. The summed E-state index contributed by atoms with van der Waals surface area (Å²) in [6.07, 6.45) is 0.961. The van der Waals surface area contributed by atoms with E-state index in [0.29, 0.717) is 0 Å². The van der Waals surface area contributed by atoms with Gasteiger partial charge in [0.1, 0.15) is 11.6 Å². The molecule has 1 aromatic heterocycles. The molecule has 3 rings (SSSR count). The van der Waals surface area contributed by atoms with Crippen molar-refractivity contribution >= 4 is 27.4 Å². The molecule has 4 nitrogen and oxygen atoms in total. The van der Waals surface area contributed by atoms with Gasteiger partial charge in [-0.05, 0) is 47.5 Å². The summed E-state index contributed by atoms with van der Waals surface area (Å²) in [7, 11) is 0. The molecule has 0 aliphatic carbocycles. The maximum Gasteiger partial charge on any atom is 0.138 e. The first-order valence-corrected chi connectivity index (χ1v) is 7.53. The van der Waals surface area contributed by atoms with Crippen LogP contribution in [0.1, 0.15) is 22.6 Å². The lowest BCUT2D eigenvalue weighted by Gasteiger charge is -2.20. The van der Waals surface area contributed by atoms with Gasteiger partial charge in [0.05, 0.1) is 11.4 Å². The highest BCUT2D eigenvalue weighted by molar-refractivity contribution is 9.10. The second kappa shape index (κ2) is 5.50. The topological polar surface area (TPSA) is 49.8 Å². The highest BCUT2D eigenvalue weighted by Crippen LogP contribution is 2.29. The smallest absolute Gasteiger partial charge is 0.138 e. The van der Waals surface area contributed by atoms with Crippen molar-refractivity contribution in [1.82, 2.24) is 15.3 Å². The average molecular weight is 333 g/mol. The quantitative estimate of drug-likeness (QED) is 0.886. The summed E-state index contributed by atoms with van der Waals surface area (Å²) in [6.45, 7) is 5.82. The van der Waals surface area contributed by atoms with Crippen LogP contribution in [-0.2, 0) is 13.0 Å². The molecule has 2 N–H and O–H groups in total. The summed E-state index contributed by atoms with van der Waals surface area (Å²) in [5.41, 5.74) is 4.59. The van der Waals surface area contributed by atoms with Crippen LogP contribution in [0.25, 0.3) is 0 Å². The molecule has 0 amide bonds. The van der Waals surface area contributed by atoms with Crippen molar-refractivity contribution in [2.45, 2.75) is 26.8 Å². The van der Waals surface area contributed by atoms with E-state index >= 15 is 0 Å². The second-order valence-electron chi connectivity index (χ2n) is 5.08. The number of aryl methyl sites for hydroxylation is 2. The van der Waals surface area contributed by atoms with E-state index in [1.807, 2.05) is 6.92 Å². The van der Waals surface area contributed by atoms with Crippen LogP contribution in [-0.4, -0.2) is 16.5 Å². The molecule has 5 heteroatoms. The molecule has 0 radical (unpaired) electrons. The normalized spacial score (nSPS) is 13.9. The molecule has 2 heterocycles. The molecule has 0 fully saturated rings. The maximum atomic E-state index is 4.56. The van der Waals surface area contributed by atoms with E-state index < -0.39 is 0 Å². The summed E-state index contributed by atoms with van der Waals surface area (Å²) in [6, 6.07) is 6.26. The molecular formula is C15H17BrN4. The van der Waals surface area contributed by atoms with Gasteiger partial charge in [-0.15, -0.1) is 0 Å². The molecule has 2 aromatic rings. The Morgan fingerprint density at radius 3 is 2.90 bits per heavy atom. The zero-order chi connectivity index (χ0) is 14.1. The number of benzene rings is 1. The van der Waals surface area contributed by atoms with E-state index in [2.05, 4.69) is 61.7 Å². The van der Waals surface area contributed by atoms with Gasteiger partial charge in [0.15, 0.2) is 0 Å². The number of hydrogen-bond donors (Lipinski definition) is 2. The predicted molar refractivity (Wildman–Crippen MR) is 84.3 cm³/mol. The van der Waals surface area contributed by atoms with Crippen molar-refractivity contribution in [3.63, 3.8) is 0 Å². The van der Waals surface area contributed by atoms with Crippen molar-refractivity contribution in [1.29, 1.82) is 0 Å². The van der Waals surface area contributed by atoms with Crippen LogP contribution < -0.4 is 10.6 Å². The summed E-state index contributed by atoms with van der Waals surface area (Å²) >= 11 is 3.60. The lowest BCUT2D eigenvalue weighted by molar-refractivity contribution is 0.625. The average Bonchev–Trinajstić information content (AvgIpc) is 2.41. The number of nitrogens with one attached hydrogen (secondary N) is 2. The van der Waals surface area contributed by atoms with E-state index in [0.717, 1.165) is 47.0 Å². The Bertz CT molecular complexity index is 655. The second-order valence-corrected chi connectivity index (χ2v) is 5.93. The van der Waals surface area contributed by atoms with Gasteiger partial charge in [-0.2, -0.15) is 0 Å². The first kappa shape index (κ1) is 13.5. The van der Waals surface area contributed by atoms with Crippen molar-refractivity contribution < 1.29 is 0 Å². The van der Waals surface area contributed by atoms with Gasteiger partial charge in [-0.1, -0.05) is 6.07 Å². The lowest BCUT2D eigenvalue weighted by Crippen LogP contribution is -2.26. The number of rotatable bonds is 2.